The number of carbonyl (C=O) groups is 1. The molecule has 7 nitrogen and oxygen atoms in total. The molecule has 1 aromatic carbocycles. The van der Waals surface area contributed by atoms with Crippen molar-refractivity contribution < 1.29 is 9.53 Å². The maximum absolute atomic E-state index is 12.7. The molecular weight excluding hydrogens is 366 g/mol. The molecule has 4 rings (SSSR count). The number of amides is 2. The minimum absolute atomic E-state index is 0.0979. The van der Waals surface area contributed by atoms with Gasteiger partial charge in [0.05, 0.1) is 0 Å². The summed E-state index contributed by atoms with van der Waals surface area (Å²) < 4.78 is 5.82. The number of pyridine rings is 1. The van der Waals surface area contributed by atoms with Crippen molar-refractivity contribution in [2.24, 2.45) is 0 Å². The first-order valence-corrected chi connectivity index (χ1v) is 10.5. The smallest absolute Gasteiger partial charge is 0.323 e. The van der Waals surface area contributed by atoms with Gasteiger partial charge in [-0.1, -0.05) is 6.42 Å². The van der Waals surface area contributed by atoms with Gasteiger partial charge in [-0.15, -0.1) is 0 Å². The van der Waals surface area contributed by atoms with Gasteiger partial charge >= 0.3 is 6.03 Å². The summed E-state index contributed by atoms with van der Waals surface area (Å²) in [5.74, 6) is 1.78. The number of benzene rings is 1. The summed E-state index contributed by atoms with van der Waals surface area (Å²) in [6.07, 6.45) is 7.68. The van der Waals surface area contributed by atoms with Gasteiger partial charge in [-0.05, 0) is 69.1 Å². The van der Waals surface area contributed by atoms with E-state index in [2.05, 4.69) is 15.2 Å². The lowest BCUT2D eigenvalue weighted by Gasteiger charge is -2.40. The van der Waals surface area contributed by atoms with Crippen molar-refractivity contribution in [1.29, 1.82) is 0 Å². The highest BCUT2D eigenvalue weighted by atomic mass is 16.5. The largest absolute Gasteiger partial charge is 0.457 e. The first-order chi connectivity index (χ1) is 14.2. The Kier molecular flexibility index (Phi) is 6.14. The van der Waals surface area contributed by atoms with Crippen LogP contribution in [-0.4, -0.2) is 53.0 Å². The average molecular weight is 396 g/mol. The molecule has 2 aliphatic heterocycles. The molecule has 0 saturated carbocycles. The summed E-state index contributed by atoms with van der Waals surface area (Å²) in [7, 11) is 0. The van der Waals surface area contributed by atoms with Gasteiger partial charge in [-0.3, -0.25) is 5.32 Å². The third-order valence-electron chi connectivity index (χ3n) is 5.74. The second kappa shape index (κ2) is 9.13. The number of rotatable bonds is 4. The fourth-order valence-corrected chi connectivity index (χ4v) is 4.12. The number of urea groups is 1. The molecule has 0 spiro atoms. The Labute approximate surface area is 171 Å². The van der Waals surface area contributed by atoms with E-state index in [1.54, 1.807) is 42.6 Å². The molecule has 0 atom stereocenters. The van der Waals surface area contributed by atoms with E-state index in [-0.39, 0.29) is 6.03 Å². The van der Waals surface area contributed by atoms with E-state index in [0.29, 0.717) is 29.0 Å². The minimum atomic E-state index is -0.0979. The topological polar surface area (TPSA) is 83.7 Å². The molecule has 3 N–H and O–H groups in total. The van der Waals surface area contributed by atoms with Crippen LogP contribution in [0.3, 0.4) is 0 Å². The molecule has 0 radical (unpaired) electrons. The van der Waals surface area contributed by atoms with Crippen LogP contribution in [-0.2, 0) is 0 Å². The SMILES string of the molecule is Nc1ccc(Oc2ccnc(NC(=O)N3CCC(N4CCCCC4)CC3)c2)cc1. The Morgan fingerprint density at radius 2 is 1.72 bits per heavy atom. The maximum Gasteiger partial charge on any atom is 0.323 e. The predicted molar refractivity (Wildman–Crippen MR) is 114 cm³/mol. The van der Waals surface area contributed by atoms with Gasteiger partial charge in [0.15, 0.2) is 0 Å². The molecule has 0 aliphatic carbocycles. The Morgan fingerprint density at radius 3 is 2.45 bits per heavy atom. The van der Waals surface area contributed by atoms with Crippen LogP contribution in [0.25, 0.3) is 0 Å². The number of nitrogen functional groups attached to an aromatic ring is 1. The second-order valence-electron chi connectivity index (χ2n) is 7.79. The highest BCUT2D eigenvalue weighted by Gasteiger charge is 2.27. The van der Waals surface area contributed by atoms with E-state index in [1.165, 1.54) is 32.4 Å². The number of carbonyl (C=O) groups excluding carboxylic acids is 1. The number of aromatic nitrogens is 1. The van der Waals surface area contributed by atoms with Crippen molar-refractivity contribution in [3.05, 3.63) is 42.6 Å². The van der Waals surface area contributed by atoms with Gasteiger partial charge in [-0.2, -0.15) is 0 Å². The molecule has 2 aliphatic rings. The zero-order valence-corrected chi connectivity index (χ0v) is 16.7. The normalized spacial score (nSPS) is 18.4. The highest BCUT2D eigenvalue weighted by Crippen LogP contribution is 2.25. The number of nitrogens with one attached hydrogen (secondary N) is 1. The first-order valence-electron chi connectivity index (χ1n) is 10.5. The molecule has 7 heteroatoms. The van der Waals surface area contributed by atoms with Crippen LogP contribution >= 0.6 is 0 Å². The molecule has 0 unspecified atom stereocenters. The lowest BCUT2D eigenvalue weighted by molar-refractivity contribution is 0.104. The number of piperidine rings is 2. The Hall–Kier alpha value is -2.80. The summed E-state index contributed by atoms with van der Waals surface area (Å²) in [5, 5.41) is 2.90. The zero-order valence-electron chi connectivity index (χ0n) is 16.7. The van der Waals surface area contributed by atoms with E-state index >= 15 is 0 Å². The van der Waals surface area contributed by atoms with Crippen LogP contribution in [0.2, 0.25) is 0 Å². The van der Waals surface area contributed by atoms with Crippen molar-refractivity contribution in [3.63, 3.8) is 0 Å². The van der Waals surface area contributed by atoms with Gasteiger partial charge in [0.2, 0.25) is 0 Å². The van der Waals surface area contributed by atoms with Gasteiger partial charge in [-0.25, -0.2) is 9.78 Å². The van der Waals surface area contributed by atoms with Gasteiger partial charge in [0, 0.05) is 37.1 Å². The van der Waals surface area contributed by atoms with E-state index in [1.807, 2.05) is 4.90 Å². The zero-order chi connectivity index (χ0) is 20.1. The van der Waals surface area contributed by atoms with Crippen LogP contribution in [0.4, 0.5) is 16.3 Å². The van der Waals surface area contributed by atoms with Crippen LogP contribution < -0.4 is 15.8 Å². The molecule has 2 amide bonds. The Bertz CT molecular complexity index is 812. The lowest BCUT2D eigenvalue weighted by atomic mass is 10.0. The summed E-state index contributed by atoms with van der Waals surface area (Å²) in [6, 6.07) is 11.2. The molecule has 29 heavy (non-hydrogen) atoms. The van der Waals surface area contributed by atoms with E-state index < -0.39 is 0 Å². The average Bonchev–Trinajstić information content (AvgIpc) is 2.76. The van der Waals surface area contributed by atoms with Gasteiger partial charge < -0.3 is 20.3 Å². The quantitative estimate of drug-likeness (QED) is 0.766. The molecule has 2 aromatic rings. The number of nitrogens with two attached hydrogens (primary N) is 1. The summed E-state index contributed by atoms with van der Waals surface area (Å²) in [4.78, 5) is 21.4. The third kappa shape index (κ3) is 5.17. The Balaban J connectivity index is 1.30. The van der Waals surface area contributed by atoms with E-state index in [0.717, 1.165) is 25.9 Å². The van der Waals surface area contributed by atoms with Crippen molar-refractivity contribution in [1.82, 2.24) is 14.8 Å². The summed E-state index contributed by atoms with van der Waals surface area (Å²) in [5.41, 5.74) is 6.38. The van der Waals surface area contributed by atoms with E-state index in [9.17, 15) is 4.79 Å². The van der Waals surface area contributed by atoms with Crippen molar-refractivity contribution >= 4 is 17.5 Å². The summed E-state index contributed by atoms with van der Waals surface area (Å²) in [6.45, 7) is 3.99. The molecule has 3 heterocycles. The van der Waals surface area contributed by atoms with Crippen molar-refractivity contribution in [2.45, 2.75) is 38.1 Å². The number of ether oxygens (including phenoxy) is 1. The standard InChI is InChI=1S/C22H29N5O2/c23-17-4-6-19(7-5-17)29-20-8-11-24-21(16-20)25-22(28)27-14-9-18(10-15-27)26-12-2-1-3-13-26/h4-8,11,16,18H,1-3,9-10,12-15,23H2,(H,24,25,28). The fourth-order valence-electron chi connectivity index (χ4n) is 4.12. The molecule has 154 valence electrons. The minimum Gasteiger partial charge on any atom is -0.457 e. The first kappa shape index (κ1) is 19.5. The van der Waals surface area contributed by atoms with Crippen LogP contribution in [0.5, 0.6) is 11.5 Å². The number of hydrogen-bond donors (Lipinski definition) is 2. The van der Waals surface area contributed by atoms with Crippen LogP contribution in [0.15, 0.2) is 42.6 Å². The molecule has 0 bridgehead atoms. The van der Waals surface area contributed by atoms with Crippen LogP contribution in [0.1, 0.15) is 32.1 Å². The second-order valence-corrected chi connectivity index (χ2v) is 7.79. The molecule has 2 saturated heterocycles. The molecule has 2 fully saturated rings. The van der Waals surface area contributed by atoms with Crippen molar-refractivity contribution in [2.75, 3.05) is 37.2 Å². The van der Waals surface area contributed by atoms with E-state index in [4.69, 9.17) is 10.5 Å². The third-order valence-corrected chi connectivity index (χ3v) is 5.74. The number of likely N-dealkylation sites (tertiary alicyclic amines) is 2. The molecular formula is C22H29N5O2. The summed E-state index contributed by atoms with van der Waals surface area (Å²) >= 11 is 0. The number of hydrogen-bond acceptors (Lipinski definition) is 5. The van der Waals surface area contributed by atoms with Gasteiger partial charge in [0.25, 0.3) is 0 Å². The monoisotopic (exact) mass is 395 g/mol. The van der Waals surface area contributed by atoms with Gasteiger partial charge in [0.1, 0.15) is 17.3 Å². The maximum atomic E-state index is 12.7. The fraction of sp³-hybridized carbons (Fsp3) is 0.455. The highest BCUT2D eigenvalue weighted by molar-refractivity contribution is 5.88. The number of anilines is 2. The van der Waals surface area contributed by atoms with Crippen molar-refractivity contribution in [3.8, 4) is 11.5 Å². The number of nitrogens with zero attached hydrogens (tertiary/aromatic N) is 3. The lowest BCUT2D eigenvalue weighted by Crippen LogP contribution is -2.49. The molecule has 1 aromatic heterocycles. The van der Waals surface area contributed by atoms with Crippen LogP contribution in [0, 0.1) is 0 Å². The predicted octanol–water partition coefficient (Wildman–Crippen LogP) is 3.94. The Morgan fingerprint density at radius 1 is 1.00 bits per heavy atom.